The van der Waals surface area contributed by atoms with Gasteiger partial charge in [0.05, 0.1) is 12.9 Å². The quantitative estimate of drug-likeness (QED) is 0.283. The molecule has 0 aliphatic rings. The van der Waals surface area contributed by atoms with E-state index in [1.54, 1.807) is 7.11 Å². The molecular weight excluding hydrogens is 484 g/mol. The normalized spacial score (nSPS) is 11.7. The second kappa shape index (κ2) is 11.8. The van der Waals surface area contributed by atoms with Crippen molar-refractivity contribution in [1.29, 1.82) is 0 Å². The van der Waals surface area contributed by atoms with Gasteiger partial charge in [-0.05, 0) is 37.6 Å². The molecule has 1 amide bonds. The second-order valence-electron chi connectivity index (χ2n) is 7.54. The highest BCUT2D eigenvalue weighted by Gasteiger charge is 2.22. The number of carbonyl (C=O) groups is 1. The number of anilines is 1. The molecule has 11 heteroatoms. The molecule has 0 saturated carbocycles. The van der Waals surface area contributed by atoms with Gasteiger partial charge in [-0.1, -0.05) is 54.3 Å². The van der Waals surface area contributed by atoms with Crippen LogP contribution in [-0.4, -0.2) is 43.7 Å². The zero-order valence-corrected chi connectivity index (χ0v) is 21.3. The molecule has 0 aliphatic carbocycles. The van der Waals surface area contributed by atoms with Crippen molar-refractivity contribution < 1.29 is 14.3 Å². The summed E-state index contributed by atoms with van der Waals surface area (Å²) >= 11 is 2.69. The van der Waals surface area contributed by atoms with Gasteiger partial charge in [0.25, 0.3) is 0 Å². The Morgan fingerprint density at radius 3 is 2.66 bits per heavy atom. The Hall–Kier alpha value is -3.44. The van der Waals surface area contributed by atoms with E-state index in [1.165, 1.54) is 23.1 Å². The summed E-state index contributed by atoms with van der Waals surface area (Å²) in [5, 5.41) is 21.7. The number of aryl methyl sites for hydroxylation is 1. The lowest BCUT2D eigenvalue weighted by atomic mass is 10.3. The fraction of sp³-hybridized carbons (Fsp3) is 0.292. The van der Waals surface area contributed by atoms with Crippen LogP contribution in [0.4, 0.5) is 5.13 Å². The fourth-order valence-electron chi connectivity index (χ4n) is 3.29. The van der Waals surface area contributed by atoms with Crippen molar-refractivity contribution in [3.63, 3.8) is 0 Å². The van der Waals surface area contributed by atoms with E-state index in [-0.39, 0.29) is 11.7 Å². The number of amides is 1. The number of aromatic nitrogens is 5. The molecule has 1 unspecified atom stereocenters. The number of rotatable bonds is 11. The summed E-state index contributed by atoms with van der Waals surface area (Å²) < 4.78 is 13.3. The Labute approximate surface area is 211 Å². The molecule has 182 valence electrons. The average molecular weight is 511 g/mol. The lowest BCUT2D eigenvalue weighted by Crippen LogP contribution is -2.15. The molecule has 2 heterocycles. The first kappa shape index (κ1) is 24.7. The third-order valence-electron chi connectivity index (χ3n) is 4.90. The van der Waals surface area contributed by atoms with Crippen LogP contribution in [0.15, 0.2) is 59.8 Å². The summed E-state index contributed by atoms with van der Waals surface area (Å²) in [6.45, 7) is 3.99. The van der Waals surface area contributed by atoms with Gasteiger partial charge in [0, 0.05) is 18.2 Å². The van der Waals surface area contributed by atoms with E-state index < -0.39 is 6.10 Å². The molecule has 2 aromatic carbocycles. The van der Waals surface area contributed by atoms with E-state index in [0.29, 0.717) is 27.6 Å². The van der Waals surface area contributed by atoms with Gasteiger partial charge in [0.2, 0.25) is 11.0 Å². The molecule has 0 bridgehead atoms. The summed E-state index contributed by atoms with van der Waals surface area (Å²) in [4.78, 5) is 12.6. The predicted molar refractivity (Wildman–Crippen MR) is 137 cm³/mol. The van der Waals surface area contributed by atoms with Gasteiger partial charge in [0.1, 0.15) is 16.5 Å². The van der Waals surface area contributed by atoms with E-state index in [1.807, 2.05) is 66.1 Å². The van der Waals surface area contributed by atoms with E-state index in [0.717, 1.165) is 23.5 Å². The maximum absolute atomic E-state index is 12.6. The first-order valence-corrected chi connectivity index (χ1v) is 12.9. The maximum Gasteiger partial charge on any atom is 0.236 e. The van der Waals surface area contributed by atoms with Crippen molar-refractivity contribution in [1.82, 2.24) is 25.0 Å². The zero-order valence-electron chi connectivity index (χ0n) is 19.7. The van der Waals surface area contributed by atoms with Crippen molar-refractivity contribution >= 4 is 34.1 Å². The van der Waals surface area contributed by atoms with Gasteiger partial charge >= 0.3 is 0 Å². The van der Waals surface area contributed by atoms with Crippen LogP contribution in [0.5, 0.6) is 11.5 Å². The smallest absolute Gasteiger partial charge is 0.236 e. The summed E-state index contributed by atoms with van der Waals surface area (Å²) in [7, 11) is 1.61. The van der Waals surface area contributed by atoms with Gasteiger partial charge in [-0.25, -0.2) is 0 Å². The van der Waals surface area contributed by atoms with Gasteiger partial charge in [0.15, 0.2) is 17.1 Å². The zero-order chi connectivity index (χ0) is 24.6. The minimum absolute atomic E-state index is 0.152. The summed E-state index contributed by atoms with van der Waals surface area (Å²) in [5.74, 6) is 1.96. The number of nitrogens with zero attached hydrogens (tertiary/aromatic N) is 5. The van der Waals surface area contributed by atoms with Gasteiger partial charge in [-0.3, -0.25) is 14.7 Å². The monoisotopic (exact) mass is 510 g/mol. The molecule has 9 nitrogen and oxygen atoms in total. The molecule has 0 saturated heterocycles. The SMILES string of the molecule is CCCc1nnc(NC(=O)CSc2nnc(C(C)Oc3cccc(OC)c3)n2-c2ccccc2)s1. The van der Waals surface area contributed by atoms with Crippen molar-refractivity contribution in [3.8, 4) is 17.2 Å². The Kier molecular flexibility index (Phi) is 8.32. The summed E-state index contributed by atoms with van der Waals surface area (Å²) in [5.41, 5.74) is 0.879. The Balaban J connectivity index is 1.50. The highest BCUT2D eigenvalue weighted by molar-refractivity contribution is 7.99. The minimum Gasteiger partial charge on any atom is -0.497 e. The van der Waals surface area contributed by atoms with Gasteiger partial charge < -0.3 is 9.47 Å². The molecule has 4 rings (SSSR count). The molecular formula is C24H26N6O3S2. The van der Waals surface area contributed by atoms with Crippen LogP contribution in [0.3, 0.4) is 0 Å². The summed E-state index contributed by atoms with van der Waals surface area (Å²) in [6, 6.07) is 17.2. The number of hydrogen-bond acceptors (Lipinski definition) is 9. The average Bonchev–Trinajstić information content (AvgIpc) is 3.50. The number of thioether (sulfide) groups is 1. The van der Waals surface area contributed by atoms with E-state index >= 15 is 0 Å². The van der Waals surface area contributed by atoms with Crippen molar-refractivity contribution in [3.05, 3.63) is 65.4 Å². The molecule has 0 aliphatic heterocycles. The van der Waals surface area contributed by atoms with Crippen LogP contribution in [0.1, 0.15) is 37.2 Å². The van der Waals surface area contributed by atoms with E-state index in [2.05, 4.69) is 32.6 Å². The molecule has 0 spiro atoms. The molecule has 0 fully saturated rings. The van der Waals surface area contributed by atoms with Gasteiger partial charge in [-0.2, -0.15) is 0 Å². The Morgan fingerprint density at radius 2 is 1.89 bits per heavy atom. The molecule has 4 aromatic rings. The number of para-hydroxylation sites is 1. The number of benzene rings is 2. The van der Waals surface area contributed by atoms with Gasteiger partial charge in [-0.15, -0.1) is 20.4 Å². The fourth-order valence-corrected chi connectivity index (χ4v) is 4.91. The van der Waals surface area contributed by atoms with Crippen molar-refractivity contribution in [2.75, 3.05) is 18.2 Å². The number of hydrogen-bond donors (Lipinski definition) is 1. The molecule has 1 atom stereocenters. The maximum atomic E-state index is 12.6. The number of ether oxygens (including phenoxy) is 2. The number of methoxy groups -OCH3 is 1. The Morgan fingerprint density at radius 1 is 1.09 bits per heavy atom. The topological polar surface area (TPSA) is 104 Å². The lowest BCUT2D eigenvalue weighted by Gasteiger charge is -2.17. The van der Waals surface area contributed by atoms with Crippen LogP contribution < -0.4 is 14.8 Å². The first-order chi connectivity index (χ1) is 17.1. The highest BCUT2D eigenvalue weighted by atomic mass is 32.2. The third kappa shape index (κ3) is 6.37. The van der Waals surface area contributed by atoms with E-state index in [9.17, 15) is 4.79 Å². The lowest BCUT2D eigenvalue weighted by molar-refractivity contribution is -0.113. The standard InChI is InChI=1S/C24H26N6O3S2/c1-4-9-21-26-28-23(35-21)25-20(31)15-34-24-29-27-22(30(24)17-10-6-5-7-11-17)16(2)33-19-13-8-12-18(14-19)32-3/h5-8,10-14,16H,4,9,15H2,1-3H3,(H,25,28,31). The van der Waals surface area contributed by atoms with E-state index in [4.69, 9.17) is 9.47 Å². The molecule has 2 aromatic heterocycles. The molecule has 0 radical (unpaired) electrons. The number of carbonyl (C=O) groups excluding carboxylic acids is 1. The van der Waals surface area contributed by atoms with Crippen molar-refractivity contribution in [2.24, 2.45) is 0 Å². The van der Waals surface area contributed by atoms with Crippen molar-refractivity contribution in [2.45, 2.75) is 37.9 Å². The van der Waals surface area contributed by atoms with Crippen LogP contribution in [0, 0.1) is 0 Å². The third-order valence-corrected chi connectivity index (χ3v) is 6.73. The molecule has 1 N–H and O–H groups in total. The largest absolute Gasteiger partial charge is 0.497 e. The highest BCUT2D eigenvalue weighted by Crippen LogP contribution is 2.29. The number of nitrogens with one attached hydrogen (secondary N) is 1. The van der Waals surface area contributed by atoms with Crippen LogP contribution in [0.25, 0.3) is 5.69 Å². The summed E-state index contributed by atoms with van der Waals surface area (Å²) in [6.07, 6.45) is 1.42. The minimum atomic E-state index is -0.406. The second-order valence-corrected chi connectivity index (χ2v) is 9.54. The van der Waals surface area contributed by atoms with Crippen LogP contribution in [-0.2, 0) is 11.2 Å². The predicted octanol–water partition coefficient (Wildman–Crippen LogP) is 4.95. The van der Waals surface area contributed by atoms with Crippen LogP contribution >= 0.6 is 23.1 Å². The van der Waals surface area contributed by atoms with Crippen LogP contribution in [0.2, 0.25) is 0 Å². The Bertz CT molecular complexity index is 1260. The first-order valence-electron chi connectivity index (χ1n) is 11.1. The molecule has 35 heavy (non-hydrogen) atoms.